The van der Waals surface area contributed by atoms with Crippen LogP contribution in [0.3, 0.4) is 0 Å². The van der Waals surface area contributed by atoms with Gasteiger partial charge in [-0.05, 0) is 13.8 Å². The average Bonchev–Trinajstić information content (AvgIpc) is 2.64. The van der Waals surface area contributed by atoms with E-state index in [1.165, 1.54) is 0 Å². The van der Waals surface area contributed by atoms with Crippen LogP contribution in [0.4, 0.5) is 0 Å². The Bertz CT molecular complexity index is 413. The fourth-order valence-corrected chi connectivity index (χ4v) is 2.31. The first-order valence-corrected chi connectivity index (χ1v) is 7.01. The molecule has 0 spiro atoms. The van der Waals surface area contributed by atoms with Crippen LogP contribution in [-0.4, -0.2) is 23.0 Å². The van der Waals surface area contributed by atoms with E-state index in [-0.39, 0.29) is 11.3 Å². The summed E-state index contributed by atoms with van der Waals surface area (Å²) in [5.41, 5.74) is 6.06. The van der Waals surface area contributed by atoms with Crippen LogP contribution in [0.2, 0.25) is 0 Å². The zero-order chi connectivity index (χ0) is 14.0. The van der Waals surface area contributed by atoms with Crippen LogP contribution in [0.15, 0.2) is 5.38 Å². The molecule has 1 heterocycles. The Kier molecular flexibility index (Phi) is 4.50. The van der Waals surface area contributed by atoms with Crippen LogP contribution in [-0.2, 0) is 16.6 Å². The molecule has 1 amide bonds. The van der Waals surface area contributed by atoms with Gasteiger partial charge in [0.2, 0.25) is 5.91 Å². The van der Waals surface area contributed by atoms with Gasteiger partial charge in [-0.25, -0.2) is 4.98 Å². The minimum atomic E-state index is -0.820. The summed E-state index contributed by atoms with van der Waals surface area (Å²) in [7, 11) is 0. The van der Waals surface area contributed by atoms with Gasteiger partial charge in [0.1, 0.15) is 0 Å². The molecule has 3 N–H and O–H groups in total. The number of aromatic nitrogens is 1. The molecule has 0 aliphatic rings. The maximum atomic E-state index is 11.6. The van der Waals surface area contributed by atoms with E-state index < -0.39 is 5.54 Å². The fraction of sp³-hybridized carbons (Fsp3) is 0.692. The van der Waals surface area contributed by atoms with E-state index in [1.54, 1.807) is 25.2 Å². The Balaban J connectivity index is 2.46. The maximum absolute atomic E-state index is 11.6. The molecule has 0 bridgehead atoms. The summed E-state index contributed by atoms with van der Waals surface area (Å²) in [6.07, 6.45) is 0.753. The summed E-state index contributed by atoms with van der Waals surface area (Å²) < 4.78 is 0. The quantitative estimate of drug-likeness (QED) is 0.876. The summed E-state index contributed by atoms with van der Waals surface area (Å²) in [5, 5.41) is 5.96. The highest BCUT2D eigenvalue weighted by atomic mass is 32.1. The first-order chi connectivity index (χ1) is 8.10. The molecule has 0 unspecified atom stereocenters. The molecular weight excluding hydrogens is 246 g/mol. The molecule has 0 saturated carbocycles. The summed E-state index contributed by atoms with van der Waals surface area (Å²) >= 11 is 1.64. The van der Waals surface area contributed by atoms with Crippen LogP contribution in [0, 0.1) is 0 Å². The lowest BCUT2D eigenvalue weighted by Gasteiger charge is -2.17. The van der Waals surface area contributed by atoms with E-state index >= 15 is 0 Å². The molecule has 1 rings (SSSR count). The number of rotatable bonds is 4. The molecule has 5 heteroatoms. The summed E-state index contributed by atoms with van der Waals surface area (Å²) in [4.78, 5) is 16.1. The lowest BCUT2D eigenvalue weighted by molar-refractivity contribution is -0.125. The third kappa shape index (κ3) is 4.38. The molecular formula is C13H23N3OS. The molecule has 0 aliphatic heterocycles. The van der Waals surface area contributed by atoms with Crippen LogP contribution in [0.1, 0.15) is 45.3 Å². The van der Waals surface area contributed by atoms with Crippen LogP contribution in [0.25, 0.3) is 0 Å². The van der Waals surface area contributed by atoms with Crippen molar-refractivity contribution < 1.29 is 4.79 Å². The molecule has 102 valence electrons. The topological polar surface area (TPSA) is 68.0 Å². The lowest BCUT2D eigenvalue weighted by Crippen LogP contribution is -2.49. The number of hydrogen-bond acceptors (Lipinski definition) is 4. The molecule has 0 radical (unpaired) electrons. The van der Waals surface area contributed by atoms with Gasteiger partial charge in [-0.3, -0.25) is 4.79 Å². The van der Waals surface area contributed by atoms with E-state index in [0.717, 1.165) is 17.1 Å². The SMILES string of the molecule is CC(C)(N)C(=O)NCCc1nc(C(C)(C)C)cs1. The van der Waals surface area contributed by atoms with Crippen LogP contribution < -0.4 is 11.1 Å². The van der Waals surface area contributed by atoms with Crippen molar-refractivity contribution in [3.05, 3.63) is 16.1 Å². The van der Waals surface area contributed by atoms with Crippen molar-refractivity contribution >= 4 is 17.2 Å². The van der Waals surface area contributed by atoms with Crippen molar-refractivity contribution in [2.75, 3.05) is 6.54 Å². The van der Waals surface area contributed by atoms with Crippen molar-refractivity contribution in [1.82, 2.24) is 10.3 Å². The molecule has 0 fully saturated rings. The Morgan fingerprint density at radius 1 is 1.39 bits per heavy atom. The lowest BCUT2D eigenvalue weighted by atomic mass is 9.93. The summed E-state index contributed by atoms with van der Waals surface area (Å²) in [5.74, 6) is -0.130. The zero-order valence-corrected chi connectivity index (χ0v) is 12.6. The number of carbonyl (C=O) groups excluding carboxylic acids is 1. The van der Waals surface area contributed by atoms with E-state index in [0.29, 0.717) is 6.54 Å². The van der Waals surface area contributed by atoms with Gasteiger partial charge < -0.3 is 11.1 Å². The molecule has 0 aliphatic carbocycles. The average molecular weight is 269 g/mol. The van der Waals surface area contributed by atoms with Gasteiger partial charge in [-0.2, -0.15) is 0 Å². The highest BCUT2D eigenvalue weighted by molar-refractivity contribution is 7.09. The summed E-state index contributed by atoms with van der Waals surface area (Å²) in [6.45, 7) is 10.4. The molecule has 1 aromatic rings. The van der Waals surface area contributed by atoms with Gasteiger partial charge in [-0.15, -0.1) is 11.3 Å². The highest BCUT2D eigenvalue weighted by Gasteiger charge is 2.21. The van der Waals surface area contributed by atoms with Crippen molar-refractivity contribution in [3.63, 3.8) is 0 Å². The second-order valence-corrected chi connectivity index (χ2v) is 7.05. The van der Waals surface area contributed by atoms with Crippen LogP contribution >= 0.6 is 11.3 Å². The van der Waals surface area contributed by atoms with E-state index in [1.807, 2.05) is 0 Å². The van der Waals surface area contributed by atoms with Gasteiger partial charge in [-0.1, -0.05) is 20.8 Å². The second kappa shape index (κ2) is 5.36. The van der Waals surface area contributed by atoms with Gasteiger partial charge in [0.05, 0.1) is 16.2 Å². The smallest absolute Gasteiger partial charge is 0.239 e. The zero-order valence-electron chi connectivity index (χ0n) is 11.8. The maximum Gasteiger partial charge on any atom is 0.239 e. The number of hydrogen-bond donors (Lipinski definition) is 2. The number of nitrogens with zero attached hydrogens (tertiary/aromatic N) is 1. The standard InChI is InChI=1S/C13H23N3OS/c1-12(2,3)9-8-18-10(16-9)6-7-15-11(17)13(4,5)14/h8H,6-7,14H2,1-5H3,(H,15,17). The molecule has 18 heavy (non-hydrogen) atoms. The minimum Gasteiger partial charge on any atom is -0.354 e. The minimum absolute atomic E-state index is 0.0806. The summed E-state index contributed by atoms with van der Waals surface area (Å²) in [6, 6.07) is 0. The third-order valence-electron chi connectivity index (χ3n) is 2.53. The Morgan fingerprint density at radius 3 is 2.44 bits per heavy atom. The largest absolute Gasteiger partial charge is 0.354 e. The number of carbonyl (C=O) groups is 1. The van der Waals surface area contributed by atoms with Gasteiger partial charge in [0, 0.05) is 23.8 Å². The van der Waals surface area contributed by atoms with E-state index in [9.17, 15) is 4.79 Å². The second-order valence-electron chi connectivity index (χ2n) is 6.10. The molecule has 0 saturated heterocycles. The molecule has 0 atom stereocenters. The number of amides is 1. The third-order valence-corrected chi connectivity index (χ3v) is 3.44. The van der Waals surface area contributed by atoms with Crippen molar-refractivity contribution in [2.24, 2.45) is 5.73 Å². The Labute approximate surface area is 113 Å². The van der Waals surface area contributed by atoms with Crippen molar-refractivity contribution in [3.8, 4) is 0 Å². The van der Waals surface area contributed by atoms with Gasteiger partial charge in [0.25, 0.3) is 0 Å². The van der Waals surface area contributed by atoms with E-state index in [4.69, 9.17) is 5.73 Å². The van der Waals surface area contributed by atoms with Crippen molar-refractivity contribution in [2.45, 2.75) is 52.0 Å². The highest BCUT2D eigenvalue weighted by Crippen LogP contribution is 2.23. The van der Waals surface area contributed by atoms with Crippen LogP contribution in [0.5, 0.6) is 0 Å². The monoisotopic (exact) mass is 269 g/mol. The molecule has 0 aromatic carbocycles. The van der Waals surface area contributed by atoms with Gasteiger partial charge in [0.15, 0.2) is 0 Å². The first-order valence-electron chi connectivity index (χ1n) is 6.13. The molecule has 1 aromatic heterocycles. The van der Waals surface area contributed by atoms with E-state index in [2.05, 4.69) is 36.5 Å². The Morgan fingerprint density at radius 2 is 2.00 bits per heavy atom. The predicted molar refractivity (Wildman–Crippen MR) is 75.8 cm³/mol. The van der Waals surface area contributed by atoms with Gasteiger partial charge >= 0.3 is 0 Å². The number of thiazole rings is 1. The van der Waals surface area contributed by atoms with Crippen molar-refractivity contribution in [1.29, 1.82) is 0 Å². The fourth-order valence-electron chi connectivity index (χ4n) is 1.28. The predicted octanol–water partition coefficient (Wildman–Crippen LogP) is 1.84. The Hall–Kier alpha value is -0.940. The number of nitrogens with one attached hydrogen (secondary N) is 1. The normalized spacial score (nSPS) is 12.6. The first kappa shape index (κ1) is 15.1. The number of nitrogens with two attached hydrogens (primary N) is 1. The molecule has 4 nitrogen and oxygen atoms in total.